The summed E-state index contributed by atoms with van der Waals surface area (Å²) in [7, 11) is 0. The van der Waals surface area contributed by atoms with Crippen molar-refractivity contribution < 1.29 is 4.79 Å². The smallest absolute Gasteiger partial charge is 0.271 e. The van der Waals surface area contributed by atoms with Crippen molar-refractivity contribution in [3.8, 4) is 33.4 Å². The normalized spacial score (nSPS) is 12.9. The Morgan fingerprint density at radius 3 is 1.19 bits per heavy atom. The van der Waals surface area contributed by atoms with Crippen LogP contribution >= 0.6 is 0 Å². The second-order valence-corrected chi connectivity index (χ2v) is 10.3. The highest BCUT2D eigenvalue weighted by Gasteiger charge is 2.31. The molecule has 7 rings (SSSR count). The fourth-order valence-corrected chi connectivity index (χ4v) is 5.19. The molecule has 0 fully saturated rings. The molecule has 6 aromatic rings. The second-order valence-electron chi connectivity index (χ2n) is 10.3. The number of hydrazone groups is 1. The molecule has 0 spiro atoms. The maximum absolute atomic E-state index is 13.9. The summed E-state index contributed by atoms with van der Waals surface area (Å²) in [4.78, 5) is 13.9. The van der Waals surface area contributed by atoms with Crippen molar-refractivity contribution in [2.45, 2.75) is 0 Å². The third kappa shape index (κ3) is 5.39. The summed E-state index contributed by atoms with van der Waals surface area (Å²) in [6.45, 7) is 0. The first-order valence-corrected chi connectivity index (χ1v) is 14.2. The molecule has 5 heteroatoms. The number of benzene rings is 6. The zero-order valence-electron chi connectivity index (χ0n) is 23.3. The van der Waals surface area contributed by atoms with E-state index in [1.807, 2.05) is 115 Å². The number of urea groups is 1. The lowest BCUT2D eigenvalue weighted by molar-refractivity contribution is 0.249. The number of hydrazine groups is 1. The molecular weight excluding hydrogens is 528 g/mol. The van der Waals surface area contributed by atoms with Crippen LogP contribution < -0.4 is 15.4 Å². The van der Waals surface area contributed by atoms with Gasteiger partial charge >= 0.3 is 6.03 Å². The summed E-state index contributed by atoms with van der Waals surface area (Å²) in [5.41, 5.74) is 12.2. The molecule has 0 atom stereocenters. The monoisotopic (exact) mass is 556 g/mol. The van der Waals surface area contributed by atoms with Crippen LogP contribution in [0.15, 0.2) is 169 Å². The number of amidine groups is 1. The van der Waals surface area contributed by atoms with E-state index in [0.29, 0.717) is 17.2 Å². The molecule has 0 radical (unpaired) electrons. The van der Waals surface area contributed by atoms with Crippen molar-refractivity contribution in [1.82, 2.24) is 5.43 Å². The Morgan fingerprint density at radius 1 is 0.395 bits per heavy atom. The quantitative estimate of drug-likeness (QED) is 0.223. The second kappa shape index (κ2) is 11.5. The van der Waals surface area contributed by atoms with E-state index in [1.165, 1.54) is 5.01 Å². The third-order valence-corrected chi connectivity index (χ3v) is 7.51. The standard InChI is InChI=1S/C38H28N4O/c43-38-41(35-24-20-32(21-25-35)29-12-6-2-7-13-29)39-37(34-18-16-31(17-19-34)28-10-4-1-5-11-28)40-42(38)36-26-22-33(23-27-36)30-14-8-3-9-15-30/h1-27H,(H,39,40). The van der Waals surface area contributed by atoms with Gasteiger partial charge in [-0.05, 0) is 57.6 Å². The van der Waals surface area contributed by atoms with Crippen LogP contribution in [0.5, 0.6) is 0 Å². The van der Waals surface area contributed by atoms with Gasteiger partial charge in [0.2, 0.25) is 0 Å². The molecule has 43 heavy (non-hydrogen) atoms. The third-order valence-electron chi connectivity index (χ3n) is 7.51. The lowest BCUT2D eigenvalue weighted by Crippen LogP contribution is -2.56. The Hall–Kier alpha value is -5.94. The zero-order valence-corrected chi connectivity index (χ0v) is 23.3. The van der Waals surface area contributed by atoms with Gasteiger partial charge in [-0.1, -0.05) is 140 Å². The van der Waals surface area contributed by atoms with Crippen LogP contribution in [-0.4, -0.2) is 11.9 Å². The topological polar surface area (TPSA) is 47.9 Å². The molecule has 1 aliphatic rings. The lowest BCUT2D eigenvalue weighted by atomic mass is 10.0. The van der Waals surface area contributed by atoms with Crippen LogP contribution in [0.2, 0.25) is 0 Å². The van der Waals surface area contributed by atoms with Gasteiger partial charge in [-0.3, -0.25) is 5.43 Å². The number of anilines is 2. The maximum Gasteiger partial charge on any atom is 0.368 e. The molecule has 0 saturated carbocycles. The van der Waals surface area contributed by atoms with Crippen molar-refractivity contribution >= 4 is 23.2 Å². The van der Waals surface area contributed by atoms with E-state index < -0.39 is 0 Å². The van der Waals surface area contributed by atoms with Gasteiger partial charge in [0.25, 0.3) is 0 Å². The number of rotatable bonds is 6. The highest BCUT2D eigenvalue weighted by Crippen LogP contribution is 2.29. The molecule has 0 aliphatic carbocycles. The fraction of sp³-hybridized carbons (Fsp3) is 0. The summed E-state index contributed by atoms with van der Waals surface area (Å²) in [5, 5.41) is 7.80. The van der Waals surface area contributed by atoms with E-state index in [2.05, 4.69) is 54.0 Å². The van der Waals surface area contributed by atoms with Crippen LogP contribution in [0.4, 0.5) is 16.2 Å². The van der Waals surface area contributed by atoms with Crippen molar-refractivity contribution in [3.05, 3.63) is 169 Å². The minimum atomic E-state index is -0.301. The van der Waals surface area contributed by atoms with Crippen LogP contribution in [0.3, 0.4) is 0 Å². The lowest BCUT2D eigenvalue weighted by Gasteiger charge is -2.34. The number of hydrogen-bond donors (Lipinski definition) is 1. The van der Waals surface area contributed by atoms with Gasteiger partial charge in [0.1, 0.15) is 0 Å². The van der Waals surface area contributed by atoms with Crippen molar-refractivity contribution in [3.63, 3.8) is 0 Å². The minimum Gasteiger partial charge on any atom is -0.271 e. The summed E-state index contributed by atoms with van der Waals surface area (Å²) in [6.07, 6.45) is 0. The Labute approximate surface area is 251 Å². The van der Waals surface area contributed by atoms with E-state index in [-0.39, 0.29) is 6.03 Å². The van der Waals surface area contributed by atoms with Crippen LogP contribution in [0.25, 0.3) is 33.4 Å². The average Bonchev–Trinajstić information content (AvgIpc) is 3.10. The highest BCUT2D eigenvalue weighted by molar-refractivity contribution is 6.13. The van der Waals surface area contributed by atoms with E-state index in [9.17, 15) is 4.79 Å². The van der Waals surface area contributed by atoms with E-state index in [1.54, 1.807) is 5.01 Å². The van der Waals surface area contributed by atoms with Gasteiger partial charge in [0.15, 0.2) is 5.84 Å². The Balaban J connectivity index is 1.24. The number of carbonyl (C=O) groups is 1. The molecule has 1 heterocycles. The van der Waals surface area contributed by atoms with Gasteiger partial charge in [-0.15, -0.1) is 5.10 Å². The van der Waals surface area contributed by atoms with Crippen molar-refractivity contribution in [1.29, 1.82) is 0 Å². The molecule has 5 nitrogen and oxygen atoms in total. The van der Waals surface area contributed by atoms with Crippen LogP contribution in [0, 0.1) is 0 Å². The van der Waals surface area contributed by atoms with Crippen LogP contribution in [0.1, 0.15) is 5.56 Å². The largest absolute Gasteiger partial charge is 0.368 e. The number of carbonyl (C=O) groups excluding carboxylic acids is 1. The van der Waals surface area contributed by atoms with E-state index >= 15 is 0 Å². The fourth-order valence-electron chi connectivity index (χ4n) is 5.19. The first kappa shape index (κ1) is 26.0. The van der Waals surface area contributed by atoms with Gasteiger partial charge in [-0.2, -0.15) is 5.01 Å². The predicted molar refractivity (Wildman–Crippen MR) is 176 cm³/mol. The zero-order chi connectivity index (χ0) is 29.0. The average molecular weight is 557 g/mol. The SMILES string of the molecule is O=C1N(c2ccc(-c3ccccc3)cc2)N=C(c2ccc(-c3ccccc3)cc2)NN1c1ccc(-c2ccccc2)cc1. The van der Waals surface area contributed by atoms with Gasteiger partial charge in [0, 0.05) is 5.56 Å². The Morgan fingerprint density at radius 2 is 0.744 bits per heavy atom. The van der Waals surface area contributed by atoms with Gasteiger partial charge in [-0.25, -0.2) is 9.80 Å². The summed E-state index contributed by atoms with van der Waals surface area (Å²) in [6, 6.07) is 54.4. The Kier molecular flexibility index (Phi) is 6.96. The molecule has 0 bridgehead atoms. The predicted octanol–water partition coefficient (Wildman–Crippen LogP) is 9.00. The first-order chi connectivity index (χ1) is 21.2. The minimum absolute atomic E-state index is 0.301. The number of amides is 2. The molecule has 1 N–H and O–H groups in total. The number of nitrogens with one attached hydrogen (secondary N) is 1. The molecule has 0 aromatic heterocycles. The number of hydrogen-bond acceptors (Lipinski definition) is 3. The molecule has 0 unspecified atom stereocenters. The summed E-state index contributed by atoms with van der Waals surface area (Å²) < 4.78 is 0. The first-order valence-electron chi connectivity index (χ1n) is 14.2. The molecular formula is C38H28N4O. The molecule has 206 valence electrons. The summed E-state index contributed by atoms with van der Waals surface area (Å²) >= 11 is 0. The van der Waals surface area contributed by atoms with Crippen molar-refractivity contribution in [2.75, 3.05) is 10.0 Å². The molecule has 6 aromatic carbocycles. The van der Waals surface area contributed by atoms with E-state index in [0.717, 1.165) is 38.9 Å². The van der Waals surface area contributed by atoms with Crippen molar-refractivity contribution in [2.24, 2.45) is 5.10 Å². The van der Waals surface area contributed by atoms with Gasteiger partial charge in [0.05, 0.1) is 11.4 Å². The number of nitrogens with zero attached hydrogens (tertiary/aromatic N) is 3. The molecule has 0 saturated heterocycles. The maximum atomic E-state index is 13.9. The highest BCUT2D eigenvalue weighted by atomic mass is 16.2. The van der Waals surface area contributed by atoms with Gasteiger partial charge < -0.3 is 0 Å². The molecule has 2 amide bonds. The Bertz CT molecular complexity index is 1870. The van der Waals surface area contributed by atoms with Crippen LogP contribution in [-0.2, 0) is 0 Å². The van der Waals surface area contributed by atoms with E-state index in [4.69, 9.17) is 5.10 Å². The molecule has 1 aliphatic heterocycles. The summed E-state index contributed by atoms with van der Waals surface area (Å²) in [5.74, 6) is 0.568.